The van der Waals surface area contributed by atoms with E-state index < -0.39 is 0 Å². The molecule has 2 N–H and O–H groups in total. The van der Waals surface area contributed by atoms with Gasteiger partial charge in [-0.25, -0.2) is 0 Å². The molecule has 5 heteroatoms. The van der Waals surface area contributed by atoms with Crippen LogP contribution in [0.1, 0.15) is 31.2 Å². The van der Waals surface area contributed by atoms with E-state index in [1.807, 2.05) is 13.0 Å². The molecule has 0 aliphatic rings. The maximum atomic E-state index is 11.6. The lowest BCUT2D eigenvalue weighted by Gasteiger charge is -2.25. The molecule has 1 aromatic rings. The second-order valence-corrected chi connectivity index (χ2v) is 4.72. The van der Waals surface area contributed by atoms with E-state index in [0.29, 0.717) is 10.8 Å². The van der Waals surface area contributed by atoms with Crippen LogP contribution in [-0.4, -0.2) is 26.2 Å². The van der Waals surface area contributed by atoms with Crippen LogP contribution in [0.3, 0.4) is 0 Å². The van der Waals surface area contributed by atoms with Gasteiger partial charge < -0.3 is 15.2 Å². The minimum absolute atomic E-state index is 0.186. The van der Waals surface area contributed by atoms with Crippen molar-refractivity contribution in [2.24, 2.45) is 5.73 Å². The van der Waals surface area contributed by atoms with Gasteiger partial charge in [-0.15, -0.1) is 0 Å². The second-order valence-electron chi connectivity index (χ2n) is 4.31. The maximum Gasteiger partial charge on any atom is 0.306 e. The summed E-state index contributed by atoms with van der Waals surface area (Å²) in [4.78, 5) is 11.6. The predicted molar refractivity (Wildman–Crippen MR) is 75.6 cm³/mol. The van der Waals surface area contributed by atoms with E-state index in [1.54, 1.807) is 19.2 Å². The lowest BCUT2D eigenvalue weighted by atomic mass is 9.87. The maximum absolute atomic E-state index is 11.6. The van der Waals surface area contributed by atoms with Gasteiger partial charge in [-0.1, -0.05) is 24.6 Å². The van der Waals surface area contributed by atoms with E-state index in [0.717, 1.165) is 12.0 Å². The molecule has 2 atom stereocenters. The number of methoxy groups -OCH3 is 2. The van der Waals surface area contributed by atoms with Gasteiger partial charge in [-0.05, 0) is 18.6 Å². The Kier molecular flexibility index (Phi) is 6.12. The van der Waals surface area contributed by atoms with Crippen LogP contribution in [-0.2, 0) is 9.53 Å². The van der Waals surface area contributed by atoms with E-state index in [2.05, 4.69) is 0 Å². The van der Waals surface area contributed by atoms with Crippen LogP contribution in [0.2, 0.25) is 5.02 Å². The van der Waals surface area contributed by atoms with Crippen molar-refractivity contribution in [2.45, 2.75) is 31.7 Å². The largest absolute Gasteiger partial charge is 0.496 e. The summed E-state index contributed by atoms with van der Waals surface area (Å²) in [6.07, 6.45) is 0.918. The van der Waals surface area contributed by atoms with Gasteiger partial charge in [-0.2, -0.15) is 0 Å². The molecular weight excluding hydrogens is 266 g/mol. The number of ether oxygens (including phenoxy) is 2. The summed E-state index contributed by atoms with van der Waals surface area (Å²) in [5, 5.41) is 0.553. The van der Waals surface area contributed by atoms with Gasteiger partial charge in [0.2, 0.25) is 0 Å². The number of nitrogens with two attached hydrogens (primary N) is 1. The highest BCUT2D eigenvalue weighted by Crippen LogP contribution is 2.37. The summed E-state index contributed by atoms with van der Waals surface area (Å²) in [6.45, 7) is 1.97. The summed E-state index contributed by atoms with van der Waals surface area (Å²) in [5.41, 5.74) is 6.89. The third-order valence-electron chi connectivity index (χ3n) is 3.21. The molecule has 2 unspecified atom stereocenters. The first-order chi connectivity index (χ1) is 9.04. The van der Waals surface area contributed by atoms with Crippen molar-refractivity contribution in [2.75, 3.05) is 14.2 Å². The smallest absolute Gasteiger partial charge is 0.306 e. The van der Waals surface area contributed by atoms with Crippen molar-refractivity contribution in [1.82, 2.24) is 0 Å². The van der Waals surface area contributed by atoms with Gasteiger partial charge in [-0.3, -0.25) is 4.79 Å². The number of hydrogen-bond acceptors (Lipinski definition) is 4. The number of halogens is 1. The molecular formula is C14H20ClNO3. The number of rotatable bonds is 6. The van der Waals surface area contributed by atoms with Gasteiger partial charge >= 0.3 is 5.97 Å². The molecule has 0 amide bonds. The van der Waals surface area contributed by atoms with Gasteiger partial charge in [0.05, 0.1) is 20.6 Å². The third kappa shape index (κ3) is 3.85. The van der Waals surface area contributed by atoms with Crippen LogP contribution in [0.25, 0.3) is 0 Å². The molecule has 0 aliphatic heterocycles. The molecule has 1 rings (SSSR count). The zero-order chi connectivity index (χ0) is 14.4. The molecule has 1 aromatic carbocycles. The van der Waals surface area contributed by atoms with Crippen LogP contribution < -0.4 is 10.5 Å². The Morgan fingerprint density at radius 1 is 1.42 bits per heavy atom. The number of carbonyl (C=O) groups is 1. The standard InChI is InChI=1S/C14H20ClNO3/c1-4-11(16)9(8-13(17)19-3)14-10(15)6-5-7-12(14)18-2/h5-7,9,11H,4,8,16H2,1-3H3. The van der Waals surface area contributed by atoms with Crippen LogP contribution >= 0.6 is 11.6 Å². The van der Waals surface area contributed by atoms with Crippen LogP contribution in [0.15, 0.2) is 18.2 Å². The number of carbonyl (C=O) groups excluding carboxylic acids is 1. The average Bonchev–Trinajstić information content (AvgIpc) is 2.43. The minimum Gasteiger partial charge on any atom is -0.496 e. The Hall–Kier alpha value is -1.26. The normalized spacial score (nSPS) is 13.7. The lowest BCUT2D eigenvalue weighted by Crippen LogP contribution is -2.30. The summed E-state index contributed by atoms with van der Waals surface area (Å²) < 4.78 is 10.1. The van der Waals surface area contributed by atoms with Gasteiger partial charge in [0, 0.05) is 22.5 Å². The molecule has 0 aromatic heterocycles. The van der Waals surface area contributed by atoms with Crippen LogP contribution in [0, 0.1) is 0 Å². The lowest BCUT2D eigenvalue weighted by molar-refractivity contribution is -0.141. The van der Waals surface area contributed by atoms with E-state index in [-0.39, 0.29) is 24.3 Å². The topological polar surface area (TPSA) is 61.6 Å². The highest BCUT2D eigenvalue weighted by Gasteiger charge is 2.27. The molecule has 106 valence electrons. The highest BCUT2D eigenvalue weighted by atomic mass is 35.5. The Balaban J connectivity index is 3.20. The SMILES string of the molecule is CCC(N)C(CC(=O)OC)c1c(Cl)cccc1OC. The van der Waals surface area contributed by atoms with E-state index in [4.69, 9.17) is 26.8 Å². The van der Waals surface area contributed by atoms with Crippen molar-refractivity contribution >= 4 is 17.6 Å². The fourth-order valence-corrected chi connectivity index (χ4v) is 2.38. The number of esters is 1. The number of hydrogen-bond donors (Lipinski definition) is 1. The van der Waals surface area contributed by atoms with Crippen molar-refractivity contribution in [3.8, 4) is 5.75 Å². The molecule has 0 saturated heterocycles. The number of benzene rings is 1. The average molecular weight is 286 g/mol. The zero-order valence-corrected chi connectivity index (χ0v) is 12.2. The predicted octanol–water partition coefficient (Wildman–Crippen LogP) is 2.73. The van der Waals surface area contributed by atoms with Crippen molar-refractivity contribution in [3.05, 3.63) is 28.8 Å². The fraction of sp³-hybridized carbons (Fsp3) is 0.500. The first-order valence-electron chi connectivity index (χ1n) is 6.19. The van der Waals surface area contributed by atoms with Crippen LogP contribution in [0.4, 0.5) is 0 Å². The Labute approximate surface area is 118 Å². The van der Waals surface area contributed by atoms with Gasteiger partial charge in [0.1, 0.15) is 5.75 Å². The van der Waals surface area contributed by atoms with Gasteiger partial charge in [0.15, 0.2) is 0 Å². The summed E-state index contributed by atoms with van der Waals surface area (Å²) in [6, 6.07) is 5.20. The molecule has 19 heavy (non-hydrogen) atoms. The molecule has 0 aliphatic carbocycles. The first kappa shape index (κ1) is 15.8. The van der Waals surface area contributed by atoms with Crippen molar-refractivity contribution in [1.29, 1.82) is 0 Å². The van der Waals surface area contributed by atoms with E-state index in [9.17, 15) is 4.79 Å². The third-order valence-corrected chi connectivity index (χ3v) is 3.54. The molecule has 0 spiro atoms. The Bertz CT molecular complexity index is 437. The summed E-state index contributed by atoms with van der Waals surface area (Å²) in [7, 11) is 2.93. The van der Waals surface area contributed by atoms with E-state index in [1.165, 1.54) is 7.11 Å². The second kappa shape index (κ2) is 7.36. The minimum atomic E-state index is -0.309. The molecule has 0 saturated carbocycles. The molecule has 0 radical (unpaired) electrons. The molecule has 0 heterocycles. The van der Waals surface area contributed by atoms with Gasteiger partial charge in [0.25, 0.3) is 0 Å². The Morgan fingerprint density at radius 2 is 2.11 bits per heavy atom. The fourth-order valence-electron chi connectivity index (χ4n) is 2.07. The monoisotopic (exact) mass is 285 g/mol. The van der Waals surface area contributed by atoms with E-state index >= 15 is 0 Å². The molecule has 4 nitrogen and oxygen atoms in total. The molecule has 0 bridgehead atoms. The van der Waals surface area contributed by atoms with Crippen LogP contribution in [0.5, 0.6) is 5.75 Å². The molecule has 0 fully saturated rings. The highest BCUT2D eigenvalue weighted by molar-refractivity contribution is 6.31. The first-order valence-corrected chi connectivity index (χ1v) is 6.57. The summed E-state index contributed by atoms with van der Waals surface area (Å²) in [5.74, 6) is 0.113. The van der Waals surface area contributed by atoms with Crippen molar-refractivity contribution in [3.63, 3.8) is 0 Å². The van der Waals surface area contributed by atoms with Crippen molar-refractivity contribution < 1.29 is 14.3 Å². The Morgan fingerprint density at radius 3 is 2.63 bits per heavy atom. The zero-order valence-electron chi connectivity index (χ0n) is 11.5. The summed E-state index contributed by atoms with van der Waals surface area (Å²) >= 11 is 6.24. The quantitative estimate of drug-likeness (QED) is 0.817.